The van der Waals surface area contributed by atoms with Gasteiger partial charge in [-0.25, -0.2) is 0 Å². The largest absolute Gasteiger partial charge is 0.338 e. The van der Waals surface area contributed by atoms with E-state index in [4.69, 9.17) is 5.26 Å². The quantitative estimate of drug-likeness (QED) is 0.632. The Bertz CT molecular complexity index is 303. The average Bonchev–Trinajstić information content (AvgIpc) is 2.77. The Kier molecular flexibility index (Phi) is 2.02. The normalized spacial score (nSPS) is 30.5. The molecule has 2 bridgehead atoms. The summed E-state index contributed by atoms with van der Waals surface area (Å²) < 4.78 is 0. The number of rotatable bonds is 1. The van der Waals surface area contributed by atoms with Crippen LogP contribution in [0.1, 0.15) is 33.1 Å². The van der Waals surface area contributed by atoms with Crippen molar-refractivity contribution in [3.63, 3.8) is 0 Å². The molecule has 2 rings (SSSR count). The molecule has 0 aromatic carbocycles. The molecule has 2 aliphatic rings. The zero-order chi connectivity index (χ0) is 10.3. The number of carbonyl (C=O) groups excluding carboxylic acids is 1. The Morgan fingerprint density at radius 2 is 2.21 bits per heavy atom. The van der Waals surface area contributed by atoms with Crippen LogP contribution < -0.4 is 0 Å². The Morgan fingerprint density at radius 3 is 2.64 bits per heavy atom. The molecule has 1 saturated heterocycles. The number of piperidine rings is 1. The fourth-order valence-electron chi connectivity index (χ4n) is 2.58. The lowest BCUT2D eigenvalue weighted by Crippen LogP contribution is -2.44. The highest BCUT2D eigenvalue weighted by atomic mass is 16.2. The van der Waals surface area contributed by atoms with Crippen molar-refractivity contribution < 1.29 is 4.79 Å². The van der Waals surface area contributed by atoms with E-state index < -0.39 is 5.41 Å². The predicted molar refractivity (Wildman–Crippen MR) is 52.2 cm³/mol. The van der Waals surface area contributed by atoms with E-state index >= 15 is 0 Å². The molecule has 0 aromatic heterocycles. The molecular weight excluding hydrogens is 176 g/mol. The molecule has 0 aromatic rings. The number of amides is 1. The zero-order valence-electron chi connectivity index (χ0n) is 8.79. The van der Waals surface area contributed by atoms with Crippen molar-refractivity contribution >= 4 is 5.91 Å². The van der Waals surface area contributed by atoms with Crippen molar-refractivity contribution in [3.8, 4) is 6.07 Å². The molecule has 1 amide bonds. The van der Waals surface area contributed by atoms with Crippen LogP contribution in [-0.4, -0.2) is 23.4 Å². The molecule has 2 atom stereocenters. The molecule has 2 fully saturated rings. The van der Waals surface area contributed by atoms with E-state index in [1.807, 2.05) is 4.90 Å². The summed E-state index contributed by atoms with van der Waals surface area (Å²) in [5.74, 6) is 0.727. The molecule has 1 aliphatic heterocycles. The minimum atomic E-state index is -0.843. The highest BCUT2D eigenvalue weighted by Crippen LogP contribution is 2.39. The molecule has 3 heteroatoms. The summed E-state index contributed by atoms with van der Waals surface area (Å²) in [4.78, 5) is 13.9. The molecule has 3 nitrogen and oxygen atoms in total. The minimum Gasteiger partial charge on any atom is -0.338 e. The molecule has 0 N–H and O–H groups in total. The van der Waals surface area contributed by atoms with Gasteiger partial charge in [-0.15, -0.1) is 0 Å². The fourth-order valence-corrected chi connectivity index (χ4v) is 2.58. The summed E-state index contributed by atoms with van der Waals surface area (Å²) >= 11 is 0. The van der Waals surface area contributed by atoms with Crippen LogP contribution in [0.5, 0.6) is 0 Å². The fraction of sp³-hybridized carbons (Fsp3) is 0.818. The van der Waals surface area contributed by atoms with Gasteiger partial charge in [0.25, 0.3) is 0 Å². The van der Waals surface area contributed by atoms with Gasteiger partial charge in [0.05, 0.1) is 6.07 Å². The first kappa shape index (κ1) is 9.51. The number of nitrogens with zero attached hydrogens (tertiary/aromatic N) is 2. The SMILES string of the molecule is CC(C)(C#N)C(=O)N1CC2CCC1C2. The van der Waals surface area contributed by atoms with Crippen molar-refractivity contribution in [2.45, 2.75) is 39.2 Å². The number of nitriles is 1. The van der Waals surface area contributed by atoms with Gasteiger partial charge in [-0.05, 0) is 39.0 Å². The Labute approximate surface area is 84.7 Å². The first-order chi connectivity index (χ1) is 6.54. The lowest BCUT2D eigenvalue weighted by atomic mass is 9.93. The smallest absolute Gasteiger partial charge is 0.242 e. The first-order valence-corrected chi connectivity index (χ1v) is 5.27. The molecule has 1 heterocycles. The van der Waals surface area contributed by atoms with Crippen LogP contribution in [0.25, 0.3) is 0 Å². The van der Waals surface area contributed by atoms with E-state index in [1.54, 1.807) is 13.8 Å². The number of fused-ring (bicyclic) bond motifs is 2. The van der Waals surface area contributed by atoms with Crippen LogP contribution in [0, 0.1) is 22.7 Å². The standard InChI is InChI=1S/C11H16N2O/c1-11(2,7-12)10(14)13-6-8-3-4-9(13)5-8/h8-9H,3-6H2,1-2H3. The van der Waals surface area contributed by atoms with Crippen LogP contribution in [0.15, 0.2) is 0 Å². The van der Waals surface area contributed by atoms with Gasteiger partial charge >= 0.3 is 0 Å². The maximum Gasteiger partial charge on any atom is 0.242 e. The summed E-state index contributed by atoms with van der Waals surface area (Å²) in [5.41, 5.74) is -0.843. The van der Waals surface area contributed by atoms with E-state index in [1.165, 1.54) is 6.42 Å². The highest BCUT2D eigenvalue weighted by molar-refractivity contribution is 5.85. The van der Waals surface area contributed by atoms with E-state index in [2.05, 4.69) is 6.07 Å². The number of carbonyl (C=O) groups is 1. The second-order valence-electron chi connectivity index (χ2n) is 5.03. The van der Waals surface area contributed by atoms with Gasteiger partial charge in [-0.1, -0.05) is 0 Å². The van der Waals surface area contributed by atoms with Crippen LogP contribution in [-0.2, 0) is 4.79 Å². The van der Waals surface area contributed by atoms with E-state index in [0.29, 0.717) is 12.0 Å². The van der Waals surface area contributed by atoms with Crippen LogP contribution in [0.4, 0.5) is 0 Å². The third-order valence-corrected chi connectivity index (χ3v) is 3.48. The van der Waals surface area contributed by atoms with Crippen LogP contribution >= 0.6 is 0 Å². The minimum absolute atomic E-state index is 0.0206. The summed E-state index contributed by atoms with van der Waals surface area (Å²) in [7, 11) is 0. The summed E-state index contributed by atoms with van der Waals surface area (Å²) in [6.45, 7) is 4.30. The van der Waals surface area contributed by atoms with Crippen molar-refractivity contribution in [3.05, 3.63) is 0 Å². The van der Waals surface area contributed by atoms with Gasteiger partial charge < -0.3 is 4.90 Å². The first-order valence-electron chi connectivity index (χ1n) is 5.27. The molecule has 1 saturated carbocycles. The topological polar surface area (TPSA) is 44.1 Å². The maximum absolute atomic E-state index is 12.0. The third-order valence-electron chi connectivity index (χ3n) is 3.48. The second kappa shape index (κ2) is 2.98. The van der Waals surface area contributed by atoms with Crippen LogP contribution in [0.2, 0.25) is 0 Å². The van der Waals surface area contributed by atoms with E-state index in [0.717, 1.165) is 19.4 Å². The van der Waals surface area contributed by atoms with Crippen molar-refractivity contribution in [1.82, 2.24) is 4.90 Å². The summed E-state index contributed by atoms with van der Waals surface area (Å²) in [6.07, 6.45) is 3.56. The summed E-state index contributed by atoms with van der Waals surface area (Å²) in [5, 5.41) is 8.90. The molecule has 14 heavy (non-hydrogen) atoms. The summed E-state index contributed by atoms with van der Waals surface area (Å²) in [6, 6.07) is 2.52. The van der Waals surface area contributed by atoms with Gasteiger partial charge in [0.1, 0.15) is 5.41 Å². The van der Waals surface area contributed by atoms with Crippen molar-refractivity contribution in [1.29, 1.82) is 5.26 Å². The lowest BCUT2D eigenvalue weighted by Gasteiger charge is -2.31. The lowest BCUT2D eigenvalue weighted by molar-refractivity contribution is -0.139. The molecule has 0 spiro atoms. The molecule has 2 unspecified atom stereocenters. The predicted octanol–water partition coefficient (Wildman–Crippen LogP) is 1.55. The van der Waals surface area contributed by atoms with Gasteiger partial charge in [0, 0.05) is 12.6 Å². The molecule has 76 valence electrons. The average molecular weight is 192 g/mol. The number of hydrogen-bond acceptors (Lipinski definition) is 2. The number of likely N-dealkylation sites (tertiary alicyclic amines) is 1. The van der Waals surface area contributed by atoms with E-state index in [9.17, 15) is 4.79 Å². The van der Waals surface area contributed by atoms with Crippen molar-refractivity contribution in [2.75, 3.05) is 6.54 Å². The Morgan fingerprint density at radius 1 is 1.50 bits per heavy atom. The molecule has 0 radical (unpaired) electrons. The van der Waals surface area contributed by atoms with Gasteiger partial charge in [-0.2, -0.15) is 5.26 Å². The second-order valence-corrected chi connectivity index (χ2v) is 5.03. The van der Waals surface area contributed by atoms with Crippen LogP contribution in [0.3, 0.4) is 0 Å². The van der Waals surface area contributed by atoms with Crippen molar-refractivity contribution in [2.24, 2.45) is 11.3 Å². The monoisotopic (exact) mass is 192 g/mol. The number of hydrogen-bond donors (Lipinski definition) is 0. The third kappa shape index (κ3) is 1.30. The van der Waals surface area contributed by atoms with Gasteiger partial charge in [-0.3, -0.25) is 4.79 Å². The Balaban J connectivity index is 2.11. The molecular formula is C11H16N2O. The maximum atomic E-state index is 12.0. The molecule has 1 aliphatic carbocycles. The van der Waals surface area contributed by atoms with E-state index in [-0.39, 0.29) is 5.91 Å². The van der Waals surface area contributed by atoms with Gasteiger partial charge in [0.15, 0.2) is 0 Å². The zero-order valence-corrected chi connectivity index (χ0v) is 8.79. The highest BCUT2D eigenvalue weighted by Gasteiger charge is 2.44. The Hall–Kier alpha value is -1.04. The van der Waals surface area contributed by atoms with Gasteiger partial charge in [0.2, 0.25) is 5.91 Å².